The van der Waals surface area contributed by atoms with Gasteiger partial charge in [-0.15, -0.1) is 0 Å². The summed E-state index contributed by atoms with van der Waals surface area (Å²) in [6.45, 7) is 3.81. The van der Waals surface area contributed by atoms with Gasteiger partial charge in [-0.2, -0.15) is 0 Å². The molecule has 1 heterocycles. The minimum atomic E-state index is -0.787. The number of hydrogen-bond acceptors (Lipinski definition) is 5. The Morgan fingerprint density at radius 2 is 2.00 bits per heavy atom. The molecule has 0 saturated carbocycles. The van der Waals surface area contributed by atoms with Crippen LogP contribution in [0.25, 0.3) is 11.0 Å². The SMILES string of the molecule is CCC(CCC(=O)O)c1nc2ccc(CN(CCO)CCO)cc2[nH]1. The molecule has 7 heteroatoms. The van der Waals surface area contributed by atoms with E-state index in [2.05, 4.69) is 9.97 Å². The molecule has 0 spiro atoms. The minimum absolute atomic E-state index is 0.0538. The van der Waals surface area contributed by atoms with Crippen LogP contribution < -0.4 is 0 Å². The average Bonchev–Trinajstić information content (AvgIpc) is 2.98. The van der Waals surface area contributed by atoms with E-state index in [1.165, 1.54) is 0 Å². The fourth-order valence-corrected chi connectivity index (χ4v) is 3.01. The number of rotatable bonds is 11. The maximum absolute atomic E-state index is 10.8. The summed E-state index contributed by atoms with van der Waals surface area (Å²) in [4.78, 5) is 20.7. The van der Waals surface area contributed by atoms with Crippen LogP contribution in [0, 0.1) is 0 Å². The predicted octanol–water partition coefficient (Wildman–Crippen LogP) is 1.71. The van der Waals surface area contributed by atoms with Crippen molar-refractivity contribution in [3.63, 3.8) is 0 Å². The molecule has 1 aromatic carbocycles. The summed E-state index contributed by atoms with van der Waals surface area (Å²) in [5.74, 6) is 0.149. The van der Waals surface area contributed by atoms with Crippen molar-refractivity contribution < 1.29 is 20.1 Å². The second-order valence-corrected chi connectivity index (χ2v) is 6.23. The molecule has 2 aromatic rings. The molecule has 1 atom stereocenters. The summed E-state index contributed by atoms with van der Waals surface area (Å²) in [5, 5.41) is 27.1. The van der Waals surface area contributed by atoms with Gasteiger partial charge in [0, 0.05) is 32.0 Å². The third-order valence-electron chi connectivity index (χ3n) is 4.39. The van der Waals surface area contributed by atoms with Crippen molar-refractivity contribution in [1.29, 1.82) is 0 Å². The highest BCUT2D eigenvalue weighted by atomic mass is 16.4. The normalized spacial score (nSPS) is 12.8. The van der Waals surface area contributed by atoms with E-state index in [0.29, 0.717) is 26.1 Å². The fraction of sp³-hybridized carbons (Fsp3) is 0.556. The van der Waals surface area contributed by atoms with Gasteiger partial charge in [0.2, 0.25) is 0 Å². The number of carboxylic acid groups (broad SMARTS) is 1. The van der Waals surface area contributed by atoms with Crippen LogP contribution >= 0.6 is 0 Å². The van der Waals surface area contributed by atoms with Crippen molar-refractivity contribution in [2.24, 2.45) is 0 Å². The maximum atomic E-state index is 10.8. The fourth-order valence-electron chi connectivity index (χ4n) is 3.01. The smallest absolute Gasteiger partial charge is 0.303 e. The number of carboxylic acids is 1. The Hall–Kier alpha value is -1.96. The Morgan fingerprint density at radius 1 is 1.28 bits per heavy atom. The number of imidazole rings is 1. The number of aliphatic hydroxyl groups is 2. The van der Waals surface area contributed by atoms with Crippen molar-refractivity contribution in [3.8, 4) is 0 Å². The van der Waals surface area contributed by atoms with Crippen LogP contribution in [0.1, 0.15) is 43.5 Å². The first-order valence-electron chi connectivity index (χ1n) is 8.71. The van der Waals surface area contributed by atoms with E-state index in [0.717, 1.165) is 28.8 Å². The van der Waals surface area contributed by atoms with Crippen LogP contribution in [0.5, 0.6) is 0 Å². The molecule has 7 nitrogen and oxygen atoms in total. The number of aliphatic hydroxyl groups excluding tert-OH is 2. The minimum Gasteiger partial charge on any atom is -0.481 e. The number of nitrogens with zero attached hydrogens (tertiary/aromatic N) is 2. The Kier molecular flexibility index (Phi) is 7.36. The lowest BCUT2D eigenvalue weighted by atomic mass is 10.00. The van der Waals surface area contributed by atoms with Gasteiger partial charge in [-0.05, 0) is 30.5 Å². The molecule has 25 heavy (non-hydrogen) atoms. The van der Waals surface area contributed by atoms with Crippen LogP contribution in [0.4, 0.5) is 0 Å². The van der Waals surface area contributed by atoms with Gasteiger partial charge in [0.1, 0.15) is 5.82 Å². The molecule has 2 rings (SSSR count). The van der Waals surface area contributed by atoms with Crippen molar-refractivity contribution in [2.75, 3.05) is 26.3 Å². The molecule has 0 bridgehead atoms. The van der Waals surface area contributed by atoms with Crippen LogP contribution in [0.3, 0.4) is 0 Å². The summed E-state index contributed by atoms with van der Waals surface area (Å²) >= 11 is 0. The third-order valence-corrected chi connectivity index (χ3v) is 4.39. The van der Waals surface area contributed by atoms with E-state index in [1.54, 1.807) is 0 Å². The first-order chi connectivity index (χ1) is 12.1. The van der Waals surface area contributed by atoms with E-state index in [9.17, 15) is 4.79 Å². The van der Waals surface area contributed by atoms with Gasteiger partial charge in [-0.3, -0.25) is 9.69 Å². The van der Waals surface area contributed by atoms with E-state index < -0.39 is 5.97 Å². The molecule has 138 valence electrons. The number of carbonyl (C=O) groups is 1. The second kappa shape index (κ2) is 9.50. The highest BCUT2D eigenvalue weighted by Crippen LogP contribution is 2.25. The van der Waals surface area contributed by atoms with Crippen LogP contribution in [0.15, 0.2) is 18.2 Å². The van der Waals surface area contributed by atoms with Gasteiger partial charge in [0.15, 0.2) is 0 Å². The number of aromatic nitrogens is 2. The largest absolute Gasteiger partial charge is 0.481 e. The van der Waals surface area contributed by atoms with Crippen LogP contribution in [-0.4, -0.2) is 62.5 Å². The van der Waals surface area contributed by atoms with Crippen molar-refractivity contribution in [2.45, 2.75) is 38.6 Å². The highest BCUT2D eigenvalue weighted by molar-refractivity contribution is 5.76. The maximum Gasteiger partial charge on any atom is 0.303 e. The Morgan fingerprint density at radius 3 is 2.60 bits per heavy atom. The number of fused-ring (bicyclic) bond motifs is 1. The molecular weight excluding hydrogens is 322 g/mol. The zero-order chi connectivity index (χ0) is 18.2. The monoisotopic (exact) mass is 349 g/mol. The standard InChI is InChI=1S/C18H27N3O4/c1-2-14(4-6-17(24)25)18-19-15-5-3-13(11-16(15)20-18)12-21(7-9-22)8-10-23/h3,5,11,14,22-23H,2,4,6-10,12H2,1H3,(H,19,20)(H,24,25). The van der Waals surface area contributed by atoms with Crippen molar-refractivity contribution in [1.82, 2.24) is 14.9 Å². The molecule has 0 aliphatic heterocycles. The summed E-state index contributed by atoms with van der Waals surface area (Å²) in [5.41, 5.74) is 2.86. The average molecular weight is 349 g/mol. The lowest BCUT2D eigenvalue weighted by Gasteiger charge is -2.20. The van der Waals surface area contributed by atoms with Gasteiger partial charge in [-0.1, -0.05) is 13.0 Å². The van der Waals surface area contributed by atoms with E-state index in [4.69, 9.17) is 15.3 Å². The van der Waals surface area contributed by atoms with E-state index in [-0.39, 0.29) is 25.6 Å². The quantitative estimate of drug-likeness (QED) is 0.492. The van der Waals surface area contributed by atoms with Crippen molar-refractivity contribution >= 4 is 17.0 Å². The third kappa shape index (κ3) is 5.52. The van der Waals surface area contributed by atoms with Crippen LogP contribution in [0.2, 0.25) is 0 Å². The summed E-state index contributed by atoms with van der Waals surface area (Å²) in [6.07, 6.45) is 1.54. The molecule has 0 amide bonds. The zero-order valence-corrected chi connectivity index (χ0v) is 14.6. The predicted molar refractivity (Wildman–Crippen MR) is 95.4 cm³/mol. The summed E-state index contributed by atoms with van der Waals surface area (Å²) in [6, 6.07) is 5.97. The van der Waals surface area contributed by atoms with Crippen molar-refractivity contribution in [3.05, 3.63) is 29.6 Å². The van der Waals surface area contributed by atoms with Gasteiger partial charge in [-0.25, -0.2) is 4.98 Å². The first-order valence-corrected chi connectivity index (χ1v) is 8.71. The number of aromatic amines is 1. The molecular formula is C18H27N3O4. The molecule has 0 aliphatic carbocycles. The number of nitrogens with one attached hydrogen (secondary N) is 1. The topological polar surface area (TPSA) is 110 Å². The molecule has 0 saturated heterocycles. The zero-order valence-electron chi connectivity index (χ0n) is 14.6. The van der Waals surface area contributed by atoms with Gasteiger partial charge < -0.3 is 20.3 Å². The Bertz CT molecular complexity index is 680. The second-order valence-electron chi connectivity index (χ2n) is 6.23. The summed E-state index contributed by atoms with van der Waals surface area (Å²) in [7, 11) is 0. The molecule has 0 fully saturated rings. The lowest BCUT2D eigenvalue weighted by molar-refractivity contribution is -0.137. The van der Waals surface area contributed by atoms with Crippen LogP contribution in [-0.2, 0) is 11.3 Å². The number of H-pyrrole nitrogens is 1. The van der Waals surface area contributed by atoms with Gasteiger partial charge in [0.25, 0.3) is 0 Å². The number of hydrogen-bond donors (Lipinski definition) is 4. The number of aliphatic carboxylic acids is 1. The molecule has 1 unspecified atom stereocenters. The van der Waals surface area contributed by atoms with E-state index >= 15 is 0 Å². The lowest BCUT2D eigenvalue weighted by Crippen LogP contribution is -2.29. The summed E-state index contributed by atoms with van der Waals surface area (Å²) < 4.78 is 0. The number of benzene rings is 1. The highest BCUT2D eigenvalue weighted by Gasteiger charge is 2.16. The molecule has 0 aliphatic rings. The Balaban J connectivity index is 2.15. The molecule has 1 aromatic heterocycles. The first kappa shape index (κ1) is 19.4. The Labute approximate surface area is 147 Å². The molecule has 4 N–H and O–H groups in total. The molecule has 0 radical (unpaired) electrons. The van der Waals surface area contributed by atoms with Gasteiger partial charge >= 0.3 is 5.97 Å². The van der Waals surface area contributed by atoms with E-state index in [1.807, 2.05) is 30.0 Å². The van der Waals surface area contributed by atoms with Gasteiger partial charge in [0.05, 0.1) is 24.2 Å².